The minimum atomic E-state index is -0.271. The first-order valence-electron chi connectivity index (χ1n) is 8.91. The van der Waals surface area contributed by atoms with Crippen LogP contribution in [0.3, 0.4) is 0 Å². The molecule has 27 heavy (non-hydrogen) atoms. The van der Waals surface area contributed by atoms with Gasteiger partial charge in [0.05, 0.1) is 24.9 Å². The normalized spacial score (nSPS) is 19.7. The number of anilines is 1. The van der Waals surface area contributed by atoms with E-state index >= 15 is 0 Å². The Labute approximate surface area is 169 Å². The number of carbonyl (C=O) groups excluding carboxylic acids is 1. The summed E-state index contributed by atoms with van der Waals surface area (Å²) in [6.45, 7) is 3.26. The van der Waals surface area contributed by atoms with Crippen molar-refractivity contribution < 1.29 is 19.0 Å². The Morgan fingerprint density at radius 1 is 1.19 bits per heavy atom. The number of hydrogen-bond acceptors (Lipinski definition) is 5. The molecule has 7 nitrogen and oxygen atoms in total. The summed E-state index contributed by atoms with van der Waals surface area (Å²) >= 11 is 11.7. The molecule has 0 aliphatic carbocycles. The highest BCUT2D eigenvalue weighted by Gasteiger charge is 2.30. The third-order valence-electron chi connectivity index (χ3n) is 4.80. The Morgan fingerprint density at radius 3 is 2.44 bits per heavy atom. The molecule has 2 heterocycles. The lowest BCUT2D eigenvalue weighted by atomic mass is 10.2. The lowest BCUT2D eigenvalue weighted by molar-refractivity contribution is -0.142. The molecular weight excluding hydrogens is 390 g/mol. The second-order valence-corrected chi connectivity index (χ2v) is 7.23. The van der Waals surface area contributed by atoms with Crippen LogP contribution in [0.2, 0.25) is 5.02 Å². The van der Waals surface area contributed by atoms with E-state index in [1.807, 2.05) is 9.80 Å². The number of piperazine rings is 1. The highest BCUT2D eigenvalue weighted by atomic mass is 35.5. The molecule has 0 radical (unpaired) electrons. The Balaban J connectivity index is 1.59. The third kappa shape index (κ3) is 4.56. The smallest absolute Gasteiger partial charge is 0.251 e. The summed E-state index contributed by atoms with van der Waals surface area (Å²) in [5, 5.41) is 4.23. The number of hydrogen-bond donors (Lipinski definition) is 1. The van der Waals surface area contributed by atoms with Crippen LogP contribution in [0.5, 0.6) is 11.5 Å². The third-order valence-corrected chi connectivity index (χ3v) is 5.45. The fraction of sp³-hybridized carbons (Fsp3) is 0.556. The molecule has 0 aromatic heterocycles. The minimum absolute atomic E-state index is 0.0927. The zero-order chi connectivity index (χ0) is 19.4. The van der Waals surface area contributed by atoms with Crippen molar-refractivity contribution in [3.63, 3.8) is 0 Å². The van der Waals surface area contributed by atoms with Crippen LogP contribution in [0.4, 0.5) is 5.69 Å². The standard InChI is InChI=1S/C18H24ClN3O4S/c1-24-15-11-13(16(25-2)10-12(15)19)20-18(27)22-7-5-21(6-8-22)17(23)14-4-3-9-26-14/h10-11,14H,3-9H2,1-2H3,(H,20,27)/t14-/m0/s1. The van der Waals surface area contributed by atoms with Gasteiger partial charge in [0.25, 0.3) is 5.91 Å². The van der Waals surface area contributed by atoms with Crippen LogP contribution < -0.4 is 14.8 Å². The summed E-state index contributed by atoms with van der Waals surface area (Å²) in [6.07, 6.45) is 1.50. The predicted molar refractivity (Wildman–Crippen MR) is 108 cm³/mol. The summed E-state index contributed by atoms with van der Waals surface area (Å²) in [5.41, 5.74) is 0.682. The van der Waals surface area contributed by atoms with Gasteiger partial charge >= 0.3 is 0 Å². The molecule has 3 rings (SSSR count). The van der Waals surface area contributed by atoms with Crippen LogP contribution in [0.1, 0.15) is 12.8 Å². The molecule has 9 heteroatoms. The number of halogens is 1. The fourth-order valence-corrected chi connectivity index (χ4v) is 3.78. The van der Waals surface area contributed by atoms with Crippen molar-refractivity contribution in [2.45, 2.75) is 18.9 Å². The molecule has 2 fully saturated rings. The number of ether oxygens (including phenoxy) is 3. The second-order valence-electron chi connectivity index (χ2n) is 6.43. The summed E-state index contributed by atoms with van der Waals surface area (Å²) in [6, 6.07) is 3.44. The van der Waals surface area contributed by atoms with Crippen LogP contribution in [0, 0.1) is 0 Å². The van der Waals surface area contributed by atoms with Gasteiger partial charge in [-0.25, -0.2) is 0 Å². The monoisotopic (exact) mass is 413 g/mol. The molecule has 1 atom stereocenters. The van der Waals surface area contributed by atoms with Gasteiger partial charge in [0.15, 0.2) is 5.11 Å². The van der Waals surface area contributed by atoms with Crippen molar-refractivity contribution in [1.82, 2.24) is 9.80 Å². The number of nitrogens with one attached hydrogen (secondary N) is 1. The van der Waals surface area contributed by atoms with Crippen LogP contribution in [0.25, 0.3) is 0 Å². The Hall–Kier alpha value is -1.77. The minimum Gasteiger partial charge on any atom is -0.495 e. The van der Waals surface area contributed by atoms with Gasteiger partial charge in [0.1, 0.15) is 17.6 Å². The zero-order valence-electron chi connectivity index (χ0n) is 15.5. The van der Waals surface area contributed by atoms with E-state index in [1.54, 1.807) is 26.4 Å². The molecule has 2 aliphatic heterocycles. The van der Waals surface area contributed by atoms with Gasteiger partial charge in [-0.1, -0.05) is 11.6 Å². The van der Waals surface area contributed by atoms with Crippen molar-refractivity contribution >= 4 is 40.5 Å². The van der Waals surface area contributed by atoms with Gasteiger partial charge in [0, 0.05) is 44.9 Å². The van der Waals surface area contributed by atoms with Gasteiger partial charge in [-0.2, -0.15) is 0 Å². The largest absolute Gasteiger partial charge is 0.495 e. The maximum atomic E-state index is 12.4. The molecule has 1 amide bonds. The van der Waals surface area contributed by atoms with Gasteiger partial charge in [0.2, 0.25) is 0 Å². The maximum Gasteiger partial charge on any atom is 0.251 e. The maximum absolute atomic E-state index is 12.4. The van der Waals surface area contributed by atoms with Crippen molar-refractivity contribution in [1.29, 1.82) is 0 Å². The van der Waals surface area contributed by atoms with Crippen molar-refractivity contribution in [2.24, 2.45) is 0 Å². The first-order chi connectivity index (χ1) is 13.0. The first kappa shape index (κ1) is 20.0. The molecule has 2 saturated heterocycles. The summed E-state index contributed by atoms with van der Waals surface area (Å²) in [7, 11) is 3.13. The fourth-order valence-electron chi connectivity index (χ4n) is 3.26. The van der Waals surface area contributed by atoms with E-state index in [1.165, 1.54) is 0 Å². The molecule has 1 aromatic rings. The molecule has 1 aromatic carbocycles. The SMILES string of the molecule is COc1cc(NC(=S)N2CCN(C(=O)[C@@H]3CCCO3)CC2)c(OC)cc1Cl. The van der Waals surface area contributed by atoms with Crippen molar-refractivity contribution in [3.8, 4) is 11.5 Å². The van der Waals surface area contributed by atoms with Crippen LogP contribution in [-0.2, 0) is 9.53 Å². The summed E-state index contributed by atoms with van der Waals surface area (Å²) in [5.74, 6) is 1.21. The zero-order valence-corrected chi connectivity index (χ0v) is 17.1. The van der Waals surface area contributed by atoms with Gasteiger partial charge in [-0.05, 0) is 25.1 Å². The number of benzene rings is 1. The molecule has 0 spiro atoms. The number of thiocarbonyl (C=S) groups is 1. The Bertz CT molecular complexity index is 704. The summed E-state index contributed by atoms with van der Waals surface area (Å²) < 4.78 is 16.1. The Kier molecular flexibility index (Phi) is 6.62. The van der Waals surface area contributed by atoms with E-state index in [4.69, 9.17) is 38.0 Å². The van der Waals surface area contributed by atoms with E-state index in [0.29, 0.717) is 60.1 Å². The molecule has 0 unspecified atom stereocenters. The molecule has 0 saturated carbocycles. The number of nitrogens with zero attached hydrogens (tertiary/aromatic N) is 2. The van der Waals surface area contributed by atoms with E-state index in [9.17, 15) is 4.79 Å². The average molecular weight is 414 g/mol. The van der Waals surface area contributed by atoms with Crippen LogP contribution >= 0.6 is 23.8 Å². The second kappa shape index (κ2) is 8.95. The van der Waals surface area contributed by atoms with Gasteiger partial charge < -0.3 is 29.3 Å². The molecular formula is C18H24ClN3O4S. The first-order valence-corrected chi connectivity index (χ1v) is 9.70. The topological polar surface area (TPSA) is 63.3 Å². The average Bonchev–Trinajstić information content (AvgIpc) is 3.23. The molecule has 148 valence electrons. The van der Waals surface area contributed by atoms with E-state index in [2.05, 4.69) is 5.32 Å². The number of carbonyl (C=O) groups is 1. The van der Waals surface area contributed by atoms with E-state index in [-0.39, 0.29) is 12.0 Å². The van der Waals surface area contributed by atoms with Crippen molar-refractivity contribution in [3.05, 3.63) is 17.2 Å². The highest BCUT2D eigenvalue weighted by Crippen LogP contribution is 2.36. The molecule has 1 N–H and O–H groups in total. The quantitative estimate of drug-likeness (QED) is 0.760. The number of amides is 1. The number of methoxy groups -OCH3 is 2. The molecule has 2 aliphatic rings. The van der Waals surface area contributed by atoms with Crippen LogP contribution in [-0.4, -0.2) is 73.9 Å². The lowest BCUT2D eigenvalue weighted by Gasteiger charge is -2.37. The number of rotatable bonds is 4. The highest BCUT2D eigenvalue weighted by molar-refractivity contribution is 7.80. The Morgan fingerprint density at radius 2 is 1.85 bits per heavy atom. The van der Waals surface area contributed by atoms with Crippen LogP contribution in [0.15, 0.2) is 12.1 Å². The van der Waals surface area contributed by atoms with Gasteiger partial charge in [-0.3, -0.25) is 4.79 Å². The van der Waals surface area contributed by atoms with Crippen molar-refractivity contribution in [2.75, 3.05) is 52.3 Å². The van der Waals surface area contributed by atoms with E-state index in [0.717, 1.165) is 12.8 Å². The summed E-state index contributed by atoms with van der Waals surface area (Å²) in [4.78, 5) is 16.3. The van der Waals surface area contributed by atoms with E-state index < -0.39 is 0 Å². The van der Waals surface area contributed by atoms with Gasteiger partial charge in [-0.15, -0.1) is 0 Å². The predicted octanol–water partition coefficient (Wildman–Crippen LogP) is 2.38. The molecule has 0 bridgehead atoms. The lowest BCUT2D eigenvalue weighted by Crippen LogP contribution is -2.53.